The zero-order valence-electron chi connectivity index (χ0n) is 11.1. The maximum absolute atomic E-state index is 13.8. The molecule has 2 atom stereocenters. The third kappa shape index (κ3) is 2.59. The van der Waals surface area contributed by atoms with Crippen LogP contribution in [0, 0.1) is 5.41 Å². The Labute approximate surface area is 121 Å². The highest BCUT2D eigenvalue weighted by Gasteiger charge is 2.66. The molecule has 7 heteroatoms. The van der Waals surface area contributed by atoms with Gasteiger partial charge in [0.05, 0.1) is 6.61 Å². The number of alkyl halides is 2. The summed E-state index contributed by atoms with van der Waals surface area (Å²) < 4.78 is 38.1. The molecule has 1 heterocycles. The summed E-state index contributed by atoms with van der Waals surface area (Å²) >= 11 is 1.81. The zero-order chi connectivity index (χ0) is 14.4. The summed E-state index contributed by atoms with van der Waals surface area (Å²) in [7, 11) is -4.49. The molecule has 0 aromatic carbocycles. The van der Waals surface area contributed by atoms with E-state index in [-0.39, 0.29) is 6.61 Å². The monoisotopic (exact) mass is 394 g/mol. The van der Waals surface area contributed by atoms with Crippen molar-refractivity contribution in [1.29, 1.82) is 0 Å². The van der Waals surface area contributed by atoms with Gasteiger partial charge in [0, 0.05) is 9.66 Å². The van der Waals surface area contributed by atoms with Gasteiger partial charge in [0.1, 0.15) is 5.60 Å². The first-order chi connectivity index (χ1) is 7.90. The molecule has 0 bridgehead atoms. The second-order valence-electron chi connectivity index (χ2n) is 5.37. The normalized spacial score (nSPS) is 36.4. The molecule has 0 radical (unpaired) electrons. The number of hydrogen-bond donors (Lipinski definition) is 0. The third-order valence-electron chi connectivity index (χ3n) is 3.15. The van der Waals surface area contributed by atoms with E-state index in [2.05, 4.69) is 0 Å². The largest absolute Gasteiger partial charge is 0.626 e. The van der Waals surface area contributed by atoms with Gasteiger partial charge in [0.25, 0.3) is 0 Å². The van der Waals surface area contributed by atoms with E-state index in [1.165, 1.54) is 6.92 Å². The van der Waals surface area contributed by atoms with Crippen molar-refractivity contribution in [2.75, 3.05) is 6.61 Å². The van der Waals surface area contributed by atoms with Crippen molar-refractivity contribution in [2.24, 2.45) is 5.41 Å². The molecule has 0 aromatic rings. The van der Waals surface area contributed by atoms with Crippen LogP contribution in [0.15, 0.2) is 9.66 Å². The number of allylic oxidation sites excluding steroid dienone is 1. The van der Waals surface area contributed by atoms with E-state index >= 15 is 0 Å². The van der Waals surface area contributed by atoms with Crippen molar-refractivity contribution in [3.8, 4) is 0 Å². The molecule has 106 valence electrons. The second kappa shape index (κ2) is 4.88. The molecule has 0 amide bonds. The average Bonchev–Trinajstić information content (AvgIpc) is 2.13. The predicted octanol–water partition coefficient (Wildman–Crippen LogP) is 3.89. The maximum atomic E-state index is 13.8. The quantitative estimate of drug-likeness (QED) is 0.527. The van der Waals surface area contributed by atoms with E-state index < -0.39 is 24.6 Å². The Morgan fingerprint density at radius 3 is 2.39 bits per heavy atom. The van der Waals surface area contributed by atoms with Gasteiger partial charge in [-0.15, -0.1) is 0 Å². The summed E-state index contributed by atoms with van der Waals surface area (Å²) in [5, 5.41) is 0. The highest BCUT2D eigenvalue weighted by molar-refractivity contribution is 14.1. The minimum absolute atomic E-state index is 0.0858. The average molecular weight is 394 g/mol. The van der Waals surface area contributed by atoms with E-state index in [0.717, 1.165) is 0 Å². The van der Waals surface area contributed by atoms with Crippen LogP contribution in [0.1, 0.15) is 34.6 Å². The maximum Gasteiger partial charge on any atom is 0.423 e. The zero-order valence-corrected chi connectivity index (χ0v) is 14.1. The third-order valence-corrected chi connectivity index (χ3v) is 6.56. The molecular weight excluding hydrogens is 376 g/mol. The highest BCUT2D eigenvalue weighted by Crippen LogP contribution is 2.73. The Balaban J connectivity index is 3.32. The lowest BCUT2D eigenvalue weighted by Gasteiger charge is -2.48. The van der Waals surface area contributed by atoms with E-state index in [1.54, 1.807) is 6.92 Å². The summed E-state index contributed by atoms with van der Waals surface area (Å²) in [6.45, 7) is 8.62. The van der Waals surface area contributed by atoms with Gasteiger partial charge in [-0.25, -0.2) is 4.52 Å². The molecule has 3 nitrogen and oxygen atoms in total. The van der Waals surface area contributed by atoms with Crippen molar-refractivity contribution in [3.63, 3.8) is 0 Å². The summed E-state index contributed by atoms with van der Waals surface area (Å²) in [5.41, 5.74) is -5.12. The van der Waals surface area contributed by atoms with Gasteiger partial charge in [-0.2, -0.15) is 13.3 Å². The molecule has 2 unspecified atom stereocenters. The van der Waals surface area contributed by atoms with Crippen molar-refractivity contribution in [3.05, 3.63) is 9.66 Å². The van der Waals surface area contributed by atoms with Gasteiger partial charge in [0.15, 0.2) is 0 Å². The Morgan fingerprint density at radius 1 is 1.50 bits per heavy atom. The molecule has 0 saturated heterocycles. The fourth-order valence-electron chi connectivity index (χ4n) is 1.49. The minimum atomic E-state index is -4.49. The smallest absolute Gasteiger partial charge is 0.423 e. The Hall–Kier alpha value is 0.640. The van der Waals surface area contributed by atoms with Crippen molar-refractivity contribution < 1.29 is 22.7 Å². The summed E-state index contributed by atoms with van der Waals surface area (Å²) in [6.07, 6.45) is 0.707. The summed E-state index contributed by atoms with van der Waals surface area (Å²) in [4.78, 5) is 12.3. The Morgan fingerprint density at radius 2 is 2.00 bits per heavy atom. The first-order valence-corrected chi connectivity index (χ1v) is 8.24. The first kappa shape index (κ1) is 16.7. The molecule has 0 aromatic heterocycles. The molecule has 1 aliphatic heterocycles. The van der Waals surface area contributed by atoms with Crippen LogP contribution in [0.4, 0.5) is 8.78 Å². The molecule has 0 fully saturated rings. The van der Waals surface area contributed by atoms with Crippen LogP contribution in [0.5, 0.6) is 0 Å². The van der Waals surface area contributed by atoms with Crippen LogP contribution in [0.3, 0.4) is 0 Å². The predicted molar refractivity (Wildman–Crippen MR) is 74.5 cm³/mol. The lowest BCUT2D eigenvalue weighted by Crippen LogP contribution is -2.50. The standard InChI is InChI=1S/C11H18F2IO3P/c1-6-16-18(15)11(12,13)7-8(14)10(5,17-18)9(2,3)4/h7H,6H2,1-5H3. The van der Waals surface area contributed by atoms with Crippen molar-refractivity contribution in [1.82, 2.24) is 0 Å². The van der Waals surface area contributed by atoms with Crippen LogP contribution in [0.25, 0.3) is 0 Å². The van der Waals surface area contributed by atoms with E-state index in [1.807, 2.05) is 43.4 Å². The number of rotatable bonds is 2. The topological polar surface area (TPSA) is 41.5 Å². The molecule has 1 rings (SSSR count). The van der Waals surface area contributed by atoms with Gasteiger partial charge in [-0.1, -0.05) is 20.8 Å². The van der Waals surface area contributed by atoms with Crippen LogP contribution in [-0.2, 0) is 9.05 Å². The molecule has 0 N–H and O–H groups in total. The lowest BCUT2D eigenvalue weighted by molar-refractivity contribution is -0.253. The van der Waals surface area contributed by atoms with Crippen LogP contribution in [0.2, 0.25) is 0 Å². The fourth-order valence-corrected chi connectivity index (χ4v) is 5.05. The van der Waals surface area contributed by atoms with Gasteiger partial charge >= 0.3 is 13.6 Å². The number of hydrogen-bond acceptors (Lipinski definition) is 3. The van der Waals surface area contributed by atoms with E-state index in [0.29, 0.717) is 9.66 Å². The Bertz CT molecular complexity index is 370. The van der Waals surface area contributed by atoms with Crippen LogP contribution in [-0.4, -0.2) is 17.9 Å². The van der Waals surface area contributed by atoms with E-state index in [9.17, 15) is 13.7 Å². The van der Waals surface area contributed by atoms with Gasteiger partial charge in [0.2, 0.25) is 0 Å². The van der Waals surface area contributed by atoms with E-state index in [4.69, 9.17) is 9.05 Å². The minimum Gasteiger partial charge on any atom is -0.626 e. The molecule has 0 aliphatic carbocycles. The first-order valence-electron chi connectivity index (χ1n) is 5.62. The summed E-state index contributed by atoms with van der Waals surface area (Å²) in [5.74, 6) is 0. The van der Waals surface area contributed by atoms with Crippen LogP contribution >= 0.6 is 30.5 Å². The summed E-state index contributed by atoms with van der Waals surface area (Å²) in [6, 6.07) is 0. The molecule has 18 heavy (non-hydrogen) atoms. The van der Waals surface area contributed by atoms with Crippen molar-refractivity contribution >= 4 is 30.5 Å². The molecule has 1 aliphatic rings. The Kier molecular flexibility index (Phi) is 4.52. The second-order valence-corrected chi connectivity index (χ2v) is 8.56. The highest BCUT2D eigenvalue weighted by atomic mass is 127. The lowest BCUT2D eigenvalue weighted by atomic mass is 9.77. The van der Waals surface area contributed by atoms with Crippen LogP contribution < -0.4 is 4.89 Å². The molecule has 0 saturated carbocycles. The fraction of sp³-hybridized carbons (Fsp3) is 0.818. The van der Waals surface area contributed by atoms with Crippen molar-refractivity contribution in [2.45, 2.75) is 45.9 Å². The number of halogens is 3. The van der Waals surface area contributed by atoms with Gasteiger partial charge in [-0.3, -0.25) is 0 Å². The molecular formula is C11H18F2IO3P. The SMILES string of the molecule is CCO[P+]1([O-])OC(C)(C(C)(C)C)C(I)=CC1(F)F. The van der Waals surface area contributed by atoms with Gasteiger partial charge < -0.3 is 4.89 Å². The molecule has 0 spiro atoms. The van der Waals surface area contributed by atoms with Gasteiger partial charge in [-0.05, 0) is 41.9 Å².